The zero-order chi connectivity index (χ0) is 12.9. The summed E-state index contributed by atoms with van der Waals surface area (Å²) in [6, 6.07) is 0. The van der Waals surface area contributed by atoms with Crippen molar-refractivity contribution in [2.75, 3.05) is 13.1 Å². The zero-order valence-electron chi connectivity index (χ0n) is 11.9. The average Bonchev–Trinajstić information content (AvgIpc) is 2.30. The Morgan fingerprint density at radius 3 is 2.59 bits per heavy atom. The maximum atomic E-state index is 12.5. The highest BCUT2D eigenvalue weighted by Crippen LogP contribution is 2.32. The second-order valence-electron chi connectivity index (χ2n) is 6.00. The molecular weight excluding hydrogens is 212 g/mol. The van der Waals surface area contributed by atoms with Crippen LogP contribution < -0.4 is 10.6 Å². The molecule has 0 bridgehead atoms. The van der Waals surface area contributed by atoms with Crippen molar-refractivity contribution in [2.45, 2.75) is 65.3 Å². The number of amides is 1. The van der Waals surface area contributed by atoms with Gasteiger partial charge in [0.15, 0.2) is 0 Å². The molecule has 1 saturated heterocycles. The molecule has 1 heterocycles. The topological polar surface area (TPSA) is 41.1 Å². The Hall–Kier alpha value is -0.570. The van der Waals surface area contributed by atoms with Gasteiger partial charge in [-0.05, 0) is 46.1 Å². The molecule has 0 saturated carbocycles. The van der Waals surface area contributed by atoms with E-state index in [-0.39, 0.29) is 16.9 Å². The lowest BCUT2D eigenvalue weighted by Gasteiger charge is -2.39. The van der Waals surface area contributed by atoms with Crippen molar-refractivity contribution in [3.05, 3.63) is 0 Å². The average molecular weight is 240 g/mol. The van der Waals surface area contributed by atoms with Gasteiger partial charge in [0.25, 0.3) is 0 Å². The monoisotopic (exact) mass is 240 g/mol. The second kappa shape index (κ2) is 5.85. The molecule has 0 radical (unpaired) electrons. The highest BCUT2D eigenvalue weighted by molar-refractivity contribution is 5.83. The molecule has 1 fully saturated rings. The fraction of sp³-hybridized carbons (Fsp3) is 0.929. The van der Waals surface area contributed by atoms with Gasteiger partial charge in [0, 0.05) is 12.1 Å². The fourth-order valence-electron chi connectivity index (χ4n) is 2.50. The lowest BCUT2D eigenvalue weighted by atomic mass is 9.75. The molecule has 0 aromatic carbocycles. The maximum absolute atomic E-state index is 12.5. The minimum absolute atomic E-state index is 0.0880. The second-order valence-corrected chi connectivity index (χ2v) is 6.00. The molecule has 0 aromatic heterocycles. The molecule has 0 spiro atoms. The van der Waals surface area contributed by atoms with Gasteiger partial charge in [0.2, 0.25) is 5.91 Å². The molecular formula is C14H28N2O. The van der Waals surface area contributed by atoms with Gasteiger partial charge in [-0.25, -0.2) is 0 Å². The predicted octanol–water partition coefficient (Wildman–Crippen LogP) is 2.46. The maximum Gasteiger partial charge on any atom is 0.227 e. The third-order valence-corrected chi connectivity index (χ3v) is 4.02. The van der Waals surface area contributed by atoms with E-state index in [1.165, 1.54) is 0 Å². The summed E-state index contributed by atoms with van der Waals surface area (Å²) < 4.78 is 0. The summed E-state index contributed by atoms with van der Waals surface area (Å²) in [5, 5.41) is 6.61. The van der Waals surface area contributed by atoms with E-state index in [1.807, 2.05) is 0 Å². The molecule has 0 aromatic rings. The Balaban J connectivity index is 2.73. The first-order chi connectivity index (χ1) is 7.96. The van der Waals surface area contributed by atoms with E-state index in [0.717, 1.165) is 45.2 Å². The summed E-state index contributed by atoms with van der Waals surface area (Å²) in [6.07, 6.45) is 5.17. The van der Waals surface area contributed by atoms with Crippen LogP contribution >= 0.6 is 0 Å². The Kier molecular flexibility index (Phi) is 4.99. The number of piperidine rings is 1. The first-order valence-electron chi connectivity index (χ1n) is 6.99. The molecule has 3 nitrogen and oxygen atoms in total. The van der Waals surface area contributed by atoms with Crippen molar-refractivity contribution >= 4 is 5.91 Å². The lowest BCUT2D eigenvalue weighted by Crippen LogP contribution is -2.55. The normalized spacial score (nSPS) is 25.6. The van der Waals surface area contributed by atoms with Crippen LogP contribution in [0.5, 0.6) is 0 Å². The summed E-state index contributed by atoms with van der Waals surface area (Å²) in [5.74, 6) is 0.249. The minimum atomic E-state index is -0.167. The Labute approximate surface area is 106 Å². The Bertz CT molecular complexity index is 249. The number of rotatable bonds is 5. The van der Waals surface area contributed by atoms with E-state index in [1.54, 1.807) is 0 Å². The van der Waals surface area contributed by atoms with Crippen molar-refractivity contribution in [3.8, 4) is 0 Å². The zero-order valence-corrected chi connectivity index (χ0v) is 11.9. The van der Waals surface area contributed by atoms with Crippen molar-refractivity contribution in [1.29, 1.82) is 0 Å². The van der Waals surface area contributed by atoms with Crippen molar-refractivity contribution in [1.82, 2.24) is 10.6 Å². The van der Waals surface area contributed by atoms with Crippen molar-refractivity contribution in [3.63, 3.8) is 0 Å². The molecule has 0 aliphatic carbocycles. The van der Waals surface area contributed by atoms with Crippen molar-refractivity contribution < 1.29 is 4.79 Å². The molecule has 1 atom stereocenters. The van der Waals surface area contributed by atoms with Gasteiger partial charge in [-0.15, -0.1) is 0 Å². The highest BCUT2D eigenvalue weighted by Gasteiger charge is 2.40. The van der Waals surface area contributed by atoms with Gasteiger partial charge in [0.05, 0.1) is 5.41 Å². The van der Waals surface area contributed by atoms with Gasteiger partial charge >= 0.3 is 0 Å². The summed E-state index contributed by atoms with van der Waals surface area (Å²) in [7, 11) is 0. The van der Waals surface area contributed by atoms with Gasteiger partial charge < -0.3 is 10.6 Å². The van der Waals surface area contributed by atoms with Crippen LogP contribution in [0.4, 0.5) is 0 Å². The molecule has 1 aliphatic heterocycles. The quantitative estimate of drug-likeness (QED) is 0.775. The van der Waals surface area contributed by atoms with Gasteiger partial charge in [-0.3, -0.25) is 4.79 Å². The largest absolute Gasteiger partial charge is 0.351 e. The number of hydrogen-bond donors (Lipinski definition) is 2. The third kappa shape index (κ3) is 3.70. The molecule has 1 amide bonds. The molecule has 1 aliphatic rings. The Morgan fingerprint density at radius 2 is 2.12 bits per heavy atom. The molecule has 100 valence electrons. The van der Waals surface area contributed by atoms with E-state index >= 15 is 0 Å². The summed E-state index contributed by atoms with van der Waals surface area (Å²) in [6.45, 7) is 10.4. The standard InChI is InChI=1S/C14H28N2O/c1-5-8-14(9-7-10-15-11-14)12(17)16-13(3,4)6-2/h15H,5-11H2,1-4H3,(H,16,17). The van der Waals surface area contributed by atoms with Gasteiger partial charge in [-0.1, -0.05) is 20.3 Å². The first kappa shape index (κ1) is 14.5. The minimum Gasteiger partial charge on any atom is -0.351 e. The molecule has 1 rings (SSSR count). The summed E-state index contributed by atoms with van der Waals surface area (Å²) in [5.41, 5.74) is -0.255. The van der Waals surface area contributed by atoms with Crippen LogP contribution in [0, 0.1) is 5.41 Å². The fourth-order valence-corrected chi connectivity index (χ4v) is 2.50. The van der Waals surface area contributed by atoms with Crippen LogP contribution in [0.3, 0.4) is 0 Å². The molecule has 3 heteroatoms. The van der Waals surface area contributed by atoms with Crippen LogP contribution in [-0.4, -0.2) is 24.5 Å². The third-order valence-electron chi connectivity index (χ3n) is 4.02. The molecule has 17 heavy (non-hydrogen) atoms. The van der Waals surface area contributed by atoms with Gasteiger partial charge in [-0.2, -0.15) is 0 Å². The molecule has 2 N–H and O–H groups in total. The van der Waals surface area contributed by atoms with E-state index in [9.17, 15) is 4.79 Å². The number of carbonyl (C=O) groups excluding carboxylic acids is 1. The van der Waals surface area contributed by atoms with Crippen LogP contribution in [0.1, 0.15) is 59.8 Å². The van der Waals surface area contributed by atoms with E-state index in [0.29, 0.717) is 0 Å². The van der Waals surface area contributed by atoms with E-state index in [4.69, 9.17) is 0 Å². The first-order valence-corrected chi connectivity index (χ1v) is 6.99. The van der Waals surface area contributed by atoms with Crippen LogP contribution in [0.2, 0.25) is 0 Å². The highest BCUT2D eigenvalue weighted by atomic mass is 16.2. The van der Waals surface area contributed by atoms with Crippen molar-refractivity contribution in [2.24, 2.45) is 5.41 Å². The van der Waals surface area contributed by atoms with E-state index in [2.05, 4.69) is 38.3 Å². The van der Waals surface area contributed by atoms with Gasteiger partial charge in [0.1, 0.15) is 0 Å². The van der Waals surface area contributed by atoms with Crippen LogP contribution in [0.15, 0.2) is 0 Å². The number of carbonyl (C=O) groups is 1. The Morgan fingerprint density at radius 1 is 1.41 bits per heavy atom. The molecule has 1 unspecified atom stereocenters. The number of hydrogen-bond acceptors (Lipinski definition) is 2. The SMILES string of the molecule is CCCC1(C(=O)NC(C)(C)CC)CCCNC1. The van der Waals surface area contributed by atoms with E-state index < -0.39 is 0 Å². The number of nitrogens with one attached hydrogen (secondary N) is 2. The summed E-state index contributed by atoms with van der Waals surface area (Å²) >= 11 is 0. The van der Waals surface area contributed by atoms with Crippen LogP contribution in [0.25, 0.3) is 0 Å². The van der Waals surface area contributed by atoms with Crippen LogP contribution in [-0.2, 0) is 4.79 Å². The predicted molar refractivity (Wildman–Crippen MR) is 72.0 cm³/mol. The lowest BCUT2D eigenvalue weighted by molar-refractivity contribution is -0.134. The summed E-state index contributed by atoms with van der Waals surface area (Å²) in [4.78, 5) is 12.5. The smallest absolute Gasteiger partial charge is 0.227 e.